The van der Waals surface area contributed by atoms with Gasteiger partial charge in [-0.3, -0.25) is 4.79 Å². The van der Waals surface area contributed by atoms with Crippen LogP contribution in [-0.4, -0.2) is 10.5 Å². The SMILES string of the molecule is CCc1ccc2[nH]c(=O)c(C#N)c(NC34CC5CC(CC(C5)C3)C4)c2c1. The zero-order chi connectivity index (χ0) is 17.9. The summed E-state index contributed by atoms with van der Waals surface area (Å²) < 4.78 is 0. The van der Waals surface area contributed by atoms with E-state index in [-0.39, 0.29) is 16.7 Å². The van der Waals surface area contributed by atoms with Gasteiger partial charge in [0.2, 0.25) is 0 Å². The molecule has 4 aliphatic carbocycles. The Labute approximate surface area is 153 Å². The second kappa shape index (κ2) is 5.61. The molecule has 1 aromatic heterocycles. The maximum Gasteiger partial charge on any atom is 0.268 e. The van der Waals surface area contributed by atoms with Gasteiger partial charge in [0.25, 0.3) is 5.56 Å². The molecule has 134 valence electrons. The molecular weight excluding hydrogens is 322 g/mol. The summed E-state index contributed by atoms with van der Waals surface area (Å²) in [5, 5.41) is 14.5. The molecule has 26 heavy (non-hydrogen) atoms. The van der Waals surface area contributed by atoms with E-state index >= 15 is 0 Å². The molecule has 0 aliphatic heterocycles. The number of anilines is 1. The van der Waals surface area contributed by atoms with Crippen LogP contribution in [0, 0.1) is 29.1 Å². The lowest BCUT2D eigenvalue weighted by Crippen LogP contribution is -2.55. The Balaban J connectivity index is 1.66. The summed E-state index contributed by atoms with van der Waals surface area (Å²) in [5.74, 6) is 2.45. The molecule has 2 N–H and O–H groups in total. The number of aryl methyl sites for hydroxylation is 1. The number of rotatable bonds is 3. The standard InChI is InChI=1S/C22H25N3O/c1-2-13-3-4-19-17(8-13)20(18(12-23)21(26)24-19)25-22-9-14-5-15(10-22)7-16(6-14)11-22/h3-4,8,14-16H,2,5-7,9-11H2,1H3,(H2,24,25,26). The molecule has 4 fully saturated rings. The van der Waals surface area contributed by atoms with Gasteiger partial charge in [-0.1, -0.05) is 13.0 Å². The van der Waals surface area contributed by atoms with Gasteiger partial charge >= 0.3 is 0 Å². The minimum Gasteiger partial charge on any atom is -0.378 e. The molecule has 0 spiro atoms. The number of fused-ring (bicyclic) bond motifs is 1. The van der Waals surface area contributed by atoms with Crippen LogP contribution in [0.3, 0.4) is 0 Å². The molecule has 2 aromatic rings. The molecule has 1 heterocycles. The first-order valence-corrected chi connectivity index (χ1v) is 9.96. The average molecular weight is 347 g/mol. The normalized spacial score (nSPS) is 31.9. The number of benzene rings is 1. The highest BCUT2D eigenvalue weighted by molar-refractivity contribution is 5.94. The third-order valence-electron chi connectivity index (χ3n) is 7.03. The Kier molecular flexibility index (Phi) is 3.44. The van der Waals surface area contributed by atoms with Crippen molar-refractivity contribution in [3.8, 4) is 6.07 Å². The van der Waals surface area contributed by atoms with Gasteiger partial charge < -0.3 is 10.3 Å². The highest BCUT2D eigenvalue weighted by Gasteiger charge is 2.51. The lowest BCUT2D eigenvalue weighted by molar-refractivity contribution is 0.0107. The monoisotopic (exact) mass is 347 g/mol. The fraction of sp³-hybridized carbons (Fsp3) is 0.545. The summed E-state index contributed by atoms with van der Waals surface area (Å²) in [6, 6.07) is 8.33. The van der Waals surface area contributed by atoms with Gasteiger partial charge in [-0.25, -0.2) is 0 Å². The van der Waals surface area contributed by atoms with Crippen LogP contribution < -0.4 is 10.9 Å². The van der Waals surface area contributed by atoms with Crippen molar-refractivity contribution in [2.75, 3.05) is 5.32 Å². The van der Waals surface area contributed by atoms with Gasteiger partial charge in [0.1, 0.15) is 11.6 Å². The number of H-pyrrole nitrogens is 1. The topological polar surface area (TPSA) is 68.7 Å². The molecule has 0 atom stereocenters. The predicted octanol–water partition coefficient (Wildman–Crippen LogP) is 4.34. The number of nitriles is 1. The fourth-order valence-electron chi connectivity index (χ4n) is 6.33. The largest absolute Gasteiger partial charge is 0.378 e. The van der Waals surface area contributed by atoms with Gasteiger partial charge in [-0.05, 0) is 80.4 Å². The maximum absolute atomic E-state index is 12.5. The van der Waals surface area contributed by atoms with E-state index in [4.69, 9.17) is 0 Å². The van der Waals surface area contributed by atoms with Crippen molar-refractivity contribution in [3.05, 3.63) is 39.7 Å². The number of pyridine rings is 1. The van der Waals surface area contributed by atoms with E-state index in [0.29, 0.717) is 0 Å². The van der Waals surface area contributed by atoms with Crippen LogP contribution in [0.4, 0.5) is 5.69 Å². The molecule has 4 nitrogen and oxygen atoms in total. The Morgan fingerprint density at radius 2 is 1.85 bits per heavy atom. The molecule has 4 heteroatoms. The molecule has 0 radical (unpaired) electrons. The summed E-state index contributed by atoms with van der Waals surface area (Å²) >= 11 is 0. The third-order valence-corrected chi connectivity index (χ3v) is 7.03. The molecular formula is C22H25N3O. The third kappa shape index (κ3) is 2.37. The van der Waals surface area contributed by atoms with Crippen LogP contribution in [0.15, 0.2) is 23.0 Å². The van der Waals surface area contributed by atoms with Gasteiger partial charge in [0.05, 0.1) is 11.2 Å². The average Bonchev–Trinajstić information content (AvgIpc) is 2.60. The van der Waals surface area contributed by atoms with Gasteiger partial charge in [-0.2, -0.15) is 5.26 Å². The minimum absolute atomic E-state index is 0.0727. The quantitative estimate of drug-likeness (QED) is 0.867. The van der Waals surface area contributed by atoms with Crippen molar-refractivity contribution in [1.82, 2.24) is 4.98 Å². The Hall–Kier alpha value is -2.28. The van der Waals surface area contributed by atoms with E-state index in [1.807, 2.05) is 6.07 Å². The molecule has 0 saturated heterocycles. The lowest BCUT2D eigenvalue weighted by Gasteiger charge is -2.57. The number of aromatic amines is 1. The van der Waals surface area contributed by atoms with Crippen LogP contribution in [0.2, 0.25) is 0 Å². The highest BCUT2D eigenvalue weighted by Crippen LogP contribution is 2.56. The van der Waals surface area contributed by atoms with Gasteiger partial charge in [0, 0.05) is 10.9 Å². The predicted molar refractivity (Wildman–Crippen MR) is 103 cm³/mol. The van der Waals surface area contributed by atoms with E-state index in [1.54, 1.807) is 0 Å². The number of aromatic nitrogens is 1. The zero-order valence-corrected chi connectivity index (χ0v) is 15.3. The highest BCUT2D eigenvalue weighted by atomic mass is 16.1. The van der Waals surface area contributed by atoms with Crippen LogP contribution in [0.5, 0.6) is 0 Å². The van der Waals surface area contributed by atoms with Crippen molar-refractivity contribution in [2.45, 2.75) is 57.4 Å². The van der Waals surface area contributed by atoms with E-state index in [1.165, 1.54) is 44.1 Å². The fourth-order valence-corrected chi connectivity index (χ4v) is 6.33. The molecule has 0 amide bonds. The van der Waals surface area contributed by atoms with Crippen molar-refractivity contribution in [3.63, 3.8) is 0 Å². The van der Waals surface area contributed by atoms with Crippen LogP contribution in [0.25, 0.3) is 10.9 Å². The van der Waals surface area contributed by atoms with E-state index in [0.717, 1.165) is 40.8 Å². The molecule has 6 rings (SSSR count). The smallest absolute Gasteiger partial charge is 0.268 e. The van der Waals surface area contributed by atoms with Crippen molar-refractivity contribution < 1.29 is 0 Å². The zero-order valence-electron chi connectivity index (χ0n) is 15.3. The number of hydrogen-bond acceptors (Lipinski definition) is 3. The van der Waals surface area contributed by atoms with Crippen molar-refractivity contribution in [2.24, 2.45) is 17.8 Å². The van der Waals surface area contributed by atoms with E-state index in [2.05, 4.69) is 35.4 Å². The van der Waals surface area contributed by atoms with Crippen LogP contribution >= 0.6 is 0 Å². The first-order valence-electron chi connectivity index (χ1n) is 9.96. The lowest BCUT2D eigenvalue weighted by atomic mass is 9.53. The van der Waals surface area contributed by atoms with Crippen LogP contribution in [-0.2, 0) is 6.42 Å². The Morgan fingerprint density at radius 3 is 2.42 bits per heavy atom. The molecule has 4 saturated carbocycles. The number of nitrogens with one attached hydrogen (secondary N) is 2. The second-order valence-corrected chi connectivity index (χ2v) is 8.87. The van der Waals surface area contributed by atoms with Crippen molar-refractivity contribution in [1.29, 1.82) is 5.26 Å². The molecule has 4 bridgehead atoms. The first kappa shape index (κ1) is 15.9. The summed E-state index contributed by atoms with van der Waals surface area (Å²) in [6.07, 6.45) is 8.63. The first-order chi connectivity index (χ1) is 12.6. The summed E-state index contributed by atoms with van der Waals surface area (Å²) in [6.45, 7) is 2.13. The van der Waals surface area contributed by atoms with Crippen LogP contribution in [0.1, 0.15) is 56.6 Å². The minimum atomic E-state index is -0.281. The van der Waals surface area contributed by atoms with Gasteiger partial charge in [-0.15, -0.1) is 0 Å². The number of hydrogen-bond donors (Lipinski definition) is 2. The molecule has 1 aromatic carbocycles. The van der Waals surface area contributed by atoms with Gasteiger partial charge in [0.15, 0.2) is 0 Å². The second-order valence-electron chi connectivity index (χ2n) is 8.87. The summed E-state index contributed by atoms with van der Waals surface area (Å²) in [7, 11) is 0. The number of nitrogens with zero attached hydrogens (tertiary/aromatic N) is 1. The Morgan fingerprint density at radius 1 is 1.19 bits per heavy atom. The molecule has 0 unspecified atom stereocenters. The Bertz CT molecular complexity index is 946. The summed E-state index contributed by atoms with van der Waals surface area (Å²) in [4.78, 5) is 15.4. The van der Waals surface area contributed by atoms with E-state index in [9.17, 15) is 10.1 Å². The van der Waals surface area contributed by atoms with E-state index < -0.39 is 0 Å². The van der Waals surface area contributed by atoms with Crippen molar-refractivity contribution >= 4 is 16.6 Å². The molecule has 4 aliphatic rings. The summed E-state index contributed by atoms with van der Waals surface area (Å²) in [5.41, 5.74) is 2.84. The maximum atomic E-state index is 12.5.